The fraction of sp³-hybridized carbons (Fsp3) is 0.867. The van der Waals surface area contributed by atoms with Crippen LogP contribution in [0.3, 0.4) is 0 Å². The quantitative estimate of drug-likeness (QED) is 0.888. The van der Waals surface area contributed by atoms with Gasteiger partial charge in [0.2, 0.25) is 5.95 Å². The maximum absolute atomic E-state index is 5.87. The number of piperidine rings is 1. The molecule has 0 unspecified atom stereocenters. The lowest BCUT2D eigenvalue weighted by atomic mass is 9.81. The average Bonchev–Trinajstić information content (AvgIpc) is 3.09. The summed E-state index contributed by atoms with van der Waals surface area (Å²) < 4.78 is 0. The van der Waals surface area contributed by atoms with Crippen LogP contribution < -0.4 is 10.6 Å². The number of nitrogens with zero attached hydrogens (tertiary/aromatic N) is 3. The molecule has 5 nitrogen and oxygen atoms in total. The molecule has 1 aliphatic carbocycles. The summed E-state index contributed by atoms with van der Waals surface area (Å²) in [5, 5.41) is 7.65. The highest BCUT2D eigenvalue weighted by atomic mass is 15.4. The van der Waals surface area contributed by atoms with Gasteiger partial charge in [-0.15, -0.1) is 5.10 Å². The van der Waals surface area contributed by atoms with Gasteiger partial charge in [0.15, 0.2) is 0 Å². The Morgan fingerprint density at radius 2 is 1.80 bits per heavy atom. The third-order valence-corrected chi connectivity index (χ3v) is 5.50. The Morgan fingerprint density at radius 1 is 1.15 bits per heavy atom. The zero-order valence-corrected chi connectivity index (χ0v) is 12.8. The van der Waals surface area contributed by atoms with Crippen molar-refractivity contribution in [1.29, 1.82) is 0 Å². The van der Waals surface area contributed by atoms with Crippen LogP contribution in [0.1, 0.15) is 58.2 Å². The first-order valence-corrected chi connectivity index (χ1v) is 7.93. The van der Waals surface area contributed by atoms with Gasteiger partial charge in [-0.1, -0.05) is 26.7 Å². The fourth-order valence-corrected chi connectivity index (χ4v) is 3.51. The van der Waals surface area contributed by atoms with E-state index < -0.39 is 0 Å². The van der Waals surface area contributed by atoms with E-state index in [0.29, 0.717) is 5.41 Å². The highest BCUT2D eigenvalue weighted by molar-refractivity contribution is 5.31. The number of anilines is 1. The summed E-state index contributed by atoms with van der Waals surface area (Å²) in [5.74, 6) is 1.96. The minimum absolute atomic E-state index is 0.215. The monoisotopic (exact) mass is 277 g/mol. The summed E-state index contributed by atoms with van der Waals surface area (Å²) in [4.78, 5) is 7.09. The van der Waals surface area contributed by atoms with Crippen LogP contribution in [0, 0.1) is 5.41 Å². The van der Waals surface area contributed by atoms with Crippen LogP contribution in [0.2, 0.25) is 0 Å². The largest absolute Gasteiger partial charge is 0.340 e. The molecule has 0 amide bonds. The minimum Gasteiger partial charge on any atom is -0.340 e. The Labute approximate surface area is 121 Å². The summed E-state index contributed by atoms with van der Waals surface area (Å²) in [6.07, 6.45) is 7.34. The maximum atomic E-state index is 5.87. The Bertz CT molecular complexity index is 453. The summed E-state index contributed by atoms with van der Waals surface area (Å²) >= 11 is 0. The molecule has 0 spiro atoms. The molecule has 3 rings (SSSR count). The fourth-order valence-electron chi connectivity index (χ4n) is 3.51. The normalized spacial score (nSPS) is 25.1. The van der Waals surface area contributed by atoms with Crippen molar-refractivity contribution < 1.29 is 0 Å². The third kappa shape index (κ3) is 2.43. The molecule has 0 bridgehead atoms. The van der Waals surface area contributed by atoms with Gasteiger partial charge in [0.05, 0.1) is 0 Å². The standard InChI is InChI=1S/C15H27N5/c1-14(11-16)7-9-20(10-8-14)13-17-12(18-19-13)15(2)5-3-4-6-15/h3-11,16H2,1-2H3,(H,17,18,19). The van der Waals surface area contributed by atoms with E-state index in [1.807, 2.05) is 0 Å². The molecular weight excluding hydrogens is 250 g/mol. The molecule has 20 heavy (non-hydrogen) atoms. The predicted octanol–water partition coefficient (Wildman–Crippen LogP) is 2.20. The molecule has 0 aromatic carbocycles. The third-order valence-electron chi connectivity index (χ3n) is 5.50. The number of hydrogen-bond donors (Lipinski definition) is 2. The van der Waals surface area contributed by atoms with Gasteiger partial charge in [-0.3, -0.25) is 5.10 Å². The maximum Gasteiger partial charge on any atom is 0.244 e. The lowest BCUT2D eigenvalue weighted by Gasteiger charge is -2.38. The molecule has 1 aromatic heterocycles. The summed E-state index contributed by atoms with van der Waals surface area (Å²) in [6.45, 7) is 7.40. The van der Waals surface area contributed by atoms with Crippen molar-refractivity contribution in [3.05, 3.63) is 5.82 Å². The van der Waals surface area contributed by atoms with E-state index in [1.54, 1.807) is 0 Å². The number of hydrogen-bond acceptors (Lipinski definition) is 4. The second-order valence-corrected chi connectivity index (χ2v) is 7.25. The summed E-state index contributed by atoms with van der Waals surface area (Å²) in [5.41, 5.74) is 6.38. The van der Waals surface area contributed by atoms with Crippen molar-refractivity contribution in [1.82, 2.24) is 15.2 Å². The molecular formula is C15H27N5. The molecule has 1 aliphatic heterocycles. The van der Waals surface area contributed by atoms with Gasteiger partial charge in [0.25, 0.3) is 0 Å². The average molecular weight is 277 g/mol. The molecule has 0 atom stereocenters. The highest BCUT2D eigenvalue weighted by Crippen LogP contribution is 2.39. The number of nitrogens with one attached hydrogen (secondary N) is 1. The molecule has 2 heterocycles. The zero-order valence-electron chi connectivity index (χ0n) is 12.8. The van der Waals surface area contributed by atoms with E-state index in [1.165, 1.54) is 25.7 Å². The SMILES string of the molecule is CC1(CN)CCN(c2n[nH]c(C3(C)CCCC3)n2)CC1. The smallest absolute Gasteiger partial charge is 0.244 e. The van der Waals surface area contributed by atoms with Crippen molar-refractivity contribution >= 4 is 5.95 Å². The Morgan fingerprint density at radius 3 is 2.40 bits per heavy atom. The van der Waals surface area contributed by atoms with E-state index in [4.69, 9.17) is 10.7 Å². The number of aromatic amines is 1. The van der Waals surface area contributed by atoms with E-state index in [-0.39, 0.29) is 5.41 Å². The predicted molar refractivity (Wildman–Crippen MR) is 80.8 cm³/mol. The molecule has 112 valence electrons. The van der Waals surface area contributed by atoms with Crippen molar-refractivity contribution in [2.24, 2.45) is 11.1 Å². The number of nitrogens with two attached hydrogens (primary N) is 1. The van der Waals surface area contributed by atoms with Gasteiger partial charge in [-0.05, 0) is 37.6 Å². The van der Waals surface area contributed by atoms with Gasteiger partial charge < -0.3 is 10.6 Å². The van der Waals surface area contributed by atoms with Gasteiger partial charge in [-0.2, -0.15) is 4.98 Å². The topological polar surface area (TPSA) is 70.8 Å². The van der Waals surface area contributed by atoms with Crippen molar-refractivity contribution in [2.45, 2.75) is 57.8 Å². The van der Waals surface area contributed by atoms with Gasteiger partial charge >= 0.3 is 0 Å². The Kier molecular flexibility index (Phi) is 3.48. The second-order valence-electron chi connectivity index (χ2n) is 7.25. The molecule has 3 N–H and O–H groups in total. The van der Waals surface area contributed by atoms with Gasteiger partial charge in [0.1, 0.15) is 5.82 Å². The van der Waals surface area contributed by atoms with Crippen molar-refractivity contribution in [3.63, 3.8) is 0 Å². The van der Waals surface area contributed by atoms with Gasteiger partial charge in [-0.25, -0.2) is 0 Å². The minimum atomic E-state index is 0.215. The number of aromatic nitrogens is 3. The highest BCUT2D eigenvalue weighted by Gasteiger charge is 2.35. The zero-order chi connectivity index (χ0) is 14.2. The van der Waals surface area contributed by atoms with Crippen molar-refractivity contribution in [3.8, 4) is 0 Å². The van der Waals surface area contributed by atoms with Crippen LogP contribution in [0.5, 0.6) is 0 Å². The van der Waals surface area contributed by atoms with Gasteiger partial charge in [0, 0.05) is 18.5 Å². The molecule has 2 aliphatic rings. The first-order chi connectivity index (χ1) is 9.55. The first kappa shape index (κ1) is 13.9. The van der Waals surface area contributed by atoms with E-state index in [9.17, 15) is 0 Å². The van der Waals surface area contributed by atoms with Crippen LogP contribution in [0.25, 0.3) is 0 Å². The summed E-state index contributed by atoms with van der Waals surface area (Å²) in [6, 6.07) is 0. The molecule has 0 radical (unpaired) electrons. The van der Waals surface area contributed by atoms with Crippen LogP contribution in [-0.4, -0.2) is 34.8 Å². The van der Waals surface area contributed by atoms with Crippen LogP contribution in [0.4, 0.5) is 5.95 Å². The van der Waals surface area contributed by atoms with Crippen LogP contribution >= 0.6 is 0 Å². The second kappa shape index (κ2) is 5.02. The molecule has 5 heteroatoms. The van der Waals surface area contributed by atoms with Crippen LogP contribution in [0.15, 0.2) is 0 Å². The number of H-pyrrole nitrogens is 1. The molecule has 1 saturated heterocycles. The van der Waals surface area contributed by atoms with Crippen molar-refractivity contribution in [2.75, 3.05) is 24.5 Å². The lowest BCUT2D eigenvalue weighted by Crippen LogP contribution is -2.42. The van der Waals surface area contributed by atoms with E-state index >= 15 is 0 Å². The first-order valence-electron chi connectivity index (χ1n) is 7.93. The van der Waals surface area contributed by atoms with Crippen LogP contribution in [-0.2, 0) is 5.41 Å². The van der Waals surface area contributed by atoms with E-state index in [2.05, 4.69) is 28.9 Å². The lowest BCUT2D eigenvalue weighted by molar-refractivity contribution is 0.257. The number of rotatable bonds is 3. The van der Waals surface area contributed by atoms with E-state index in [0.717, 1.165) is 44.2 Å². The molecule has 1 aromatic rings. The molecule has 2 fully saturated rings. The summed E-state index contributed by atoms with van der Waals surface area (Å²) in [7, 11) is 0. The Hall–Kier alpha value is -1.10. The molecule has 1 saturated carbocycles. The Balaban J connectivity index is 1.69.